The van der Waals surface area contributed by atoms with E-state index < -0.39 is 5.91 Å². The number of carbonyl (C=O) groups excluding carboxylic acids is 2. The van der Waals surface area contributed by atoms with Crippen molar-refractivity contribution in [2.75, 3.05) is 19.0 Å². The second-order valence-electron chi connectivity index (χ2n) is 3.77. The van der Waals surface area contributed by atoms with Gasteiger partial charge in [0.2, 0.25) is 11.9 Å². The van der Waals surface area contributed by atoms with Crippen molar-refractivity contribution in [1.29, 1.82) is 0 Å². The van der Waals surface area contributed by atoms with Crippen molar-refractivity contribution < 1.29 is 14.3 Å². The van der Waals surface area contributed by atoms with Crippen LogP contribution in [0, 0.1) is 0 Å². The summed E-state index contributed by atoms with van der Waals surface area (Å²) in [5.74, 6) is -0.593. The molecule has 8 nitrogen and oxygen atoms in total. The van der Waals surface area contributed by atoms with E-state index in [1.165, 1.54) is 7.11 Å². The minimum atomic E-state index is -0.423. The van der Waals surface area contributed by atoms with Crippen molar-refractivity contribution in [2.45, 2.75) is 0 Å². The van der Waals surface area contributed by atoms with Crippen LogP contribution in [-0.2, 0) is 4.79 Å². The lowest BCUT2D eigenvalue weighted by Crippen LogP contribution is -2.33. The molecule has 0 fully saturated rings. The predicted molar refractivity (Wildman–Crippen MR) is 70.3 cm³/mol. The van der Waals surface area contributed by atoms with Gasteiger partial charge in [-0.05, 0) is 12.1 Å². The topological polar surface area (TPSA) is 109 Å². The molecule has 2 rings (SSSR count). The number of amides is 2. The number of carbonyl (C=O) groups is 2. The largest absolute Gasteiger partial charge is 0.466 e. The first-order chi connectivity index (χ1) is 9.69. The monoisotopic (exact) mass is 275 g/mol. The molecule has 0 saturated heterocycles. The summed E-state index contributed by atoms with van der Waals surface area (Å²) in [7, 11) is 1.41. The van der Waals surface area contributed by atoms with Crippen molar-refractivity contribution in [3.63, 3.8) is 0 Å². The van der Waals surface area contributed by atoms with Gasteiger partial charge in [-0.1, -0.05) is 18.2 Å². The number of methoxy groups -OCH3 is 1. The van der Waals surface area contributed by atoms with E-state index in [4.69, 9.17) is 4.74 Å². The molecule has 2 aromatic rings. The summed E-state index contributed by atoms with van der Waals surface area (Å²) in [6.07, 6.45) is 0. The molecule has 0 radical (unpaired) electrons. The Labute approximate surface area is 114 Å². The Kier molecular flexibility index (Phi) is 4.28. The Morgan fingerprint density at radius 3 is 2.70 bits per heavy atom. The Bertz CT molecular complexity index is 596. The zero-order valence-electron chi connectivity index (χ0n) is 10.7. The van der Waals surface area contributed by atoms with Crippen molar-refractivity contribution >= 4 is 17.8 Å². The number of hydrogen-bond acceptors (Lipinski definition) is 5. The zero-order chi connectivity index (χ0) is 14.4. The Morgan fingerprint density at radius 1 is 1.30 bits per heavy atom. The summed E-state index contributed by atoms with van der Waals surface area (Å²) in [6.45, 7) is -0.170. The smallest absolute Gasteiger partial charge is 0.336 e. The lowest BCUT2D eigenvalue weighted by atomic mass is 10.2. The molecule has 104 valence electrons. The molecular formula is C12H13N5O3. The second kappa shape index (κ2) is 6.32. The van der Waals surface area contributed by atoms with E-state index in [9.17, 15) is 9.59 Å². The average Bonchev–Trinajstić information content (AvgIpc) is 2.93. The van der Waals surface area contributed by atoms with Gasteiger partial charge in [-0.2, -0.15) is 4.98 Å². The molecule has 1 aromatic carbocycles. The minimum absolute atomic E-state index is 0.119. The van der Waals surface area contributed by atoms with Gasteiger partial charge in [-0.25, -0.2) is 5.10 Å². The Morgan fingerprint density at radius 2 is 2.05 bits per heavy atom. The molecule has 0 bridgehead atoms. The fraction of sp³-hybridized carbons (Fsp3) is 0.167. The normalized spacial score (nSPS) is 9.85. The van der Waals surface area contributed by atoms with Crippen LogP contribution in [0.25, 0.3) is 0 Å². The number of hydrogen-bond donors (Lipinski definition) is 3. The standard InChI is InChI=1S/C12H13N5O3/c1-20-12-15-11(16-17-12)14-9(18)7-13-10(19)8-5-3-2-4-6-8/h2-6H,7H2,1H3,(H,13,19)(H2,14,15,16,17,18). The fourth-order valence-electron chi connectivity index (χ4n) is 1.42. The molecular weight excluding hydrogens is 262 g/mol. The third-order valence-electron chi connectivity index (χ3n) is 2.35. The molecule has 0 aliphatic carbocycles. The Balaban J connectivity index is 1.82. The van der Waals surface area contributed by atoms with Crippen LogP contribution in [0.3, 0.4) is 0 Å². The first-order valence-corrected chi connectivity index (χ1v) is 5.78. The number of rotatable bonds is 5. The number of nitrogens with one attached hydrogen (secondary N) is 3. The lowest BCUT2D eigenvalue weighted by Gasteiger charge is -2.04. The van der Waals surface area contributed by atoms with Crippen LogP contribution >= 0.6 is 0 Å². The molecule has 2 amide bonds. The van der Waals surface area contributed by atoms with Gasteiger partial charge in [-0.3, -0.25) is 14.9 Å². The molecule has 8 heteroatoms. The summed E-state index contributed by atoms with van der Waals surface area (Å²) in [4.78, 5) is 27.1. The van der Waals surface area contributed by atoms with Crippen LogP contribution in [0.1, 0.15) is 10.4 Å². The van der Waals surface area contributed by atoms with Gasteiger partial charge in [0.25, 0.3) is 5.91 Å². The van der Waals surface area contributed by atoms with E-state index in [0.29, 0.717) is 5.56 Å². The summed E-state index contributed by atoms with van der Waals surface area (Å²) < 4.78 is 4.76. The van der Waals surface area contributed by atoms with Crippen LogP contribution in [0.4, 0.5) is 5.95 Å². The quantitative estimate of drug-likeness (QED) is 0.721. The summed E-state index contributed by atoms with van der Waals surface area (Å²) in [5.41, 5.74) is 0.488. The van der Waals surface area contributed by atoms with Gasteiger partial charge in [0.05, 0.1) is 13.7 Å². The van der Waals surface area contributed by atoms with E-state index in [-0.39, 0.29) is 24.4 Å². The van der Waals surface area contributed by atoms with Gasteiger partial charge in [0, 0.05) is 5.56 Å². The van der Waals surface area contributed by atoms with Gasteiger partial charge >= 0.3 is 6.01 Å². The molecule has 0 saturated carbocycles. The van der Waals surface area contributed by atoms with Crippen molar-refractivity contribution in [1.82, 2.24) is 20.5 Å². The molecule has 0 atom stereocenters. The number of anilines is 1. The molecule has 1 heterocycles. The summed E-state index contributed by atoms with van der Waals surface area (Å²) >= 11 is 0. The highest BCUT2D eigenvalue weighted by molar-refractivity contribution is 5.98. The van der Waals surface area contributed by atoms with Gasteiger partial charge in [0.15, 0.2) is 0 Å². The molecule has 0 aliphatic rings. The van der Waals surface area contributed by atoms with E-state index in [0.717, 1.165) is 0 Å². The highest BCUT2D eigenvalue weighted by Crippen LogP contribution is 2.03. The highest BCUT2D eigenvalue weighted by atomic mass is 16.5. The average molecular weight is 275 g/mol. The summed E-state index contributed by atoms with van der Waals surface area (Å²) in [6, 6.07) is 8.74. The molecule has 1 aromatic heterocycles. The predicted octanol–water partition coefficient (Wildman–Crippen LogP) is 0.182. The van der Waals surface area contributed by atoms with Crippen LogP contribution < -0.4 is 15.4 Å². The van der Waals surface area contributed by atoms with E-state index in [1.54, 1.807) is 30.3 Å². The van der Waals surface area contributed by atoms with E-state index in [1.807, 2.05) is 0 Å². The van der Waals surface area contributed by atoms with Crippen molar-refractivity contribution in [2.24, 2.45) is 0 Å². The number of aromatic amines is 1. The third-order valence-corrected chi connectivity index (χ3v) is 2.35. The van der Waals surface area contributed by atoms with E-state index >= 15 is 0 Å². The first kappa shape index (κ1) is 13.5. The van der Waals surface area contributed by atoms with Gasteiger partial charge < -0.3 is 10.1 Å². The molecule has 20 heavy (non-hydrogen) atoms. The van der Waals surface area contributed by atoms with Crippen molar-refractivity contribution in [3.05, 3.63) is 35.9 Å². The van der Waals surface area contributed by atoms with Crippen molar-refractivity contribution in [3.8, 4) is 6.01 Å². The number of H-pyrrole nitrogens is 1. The summed E-state index contributed by atoms with van der Waals surface area (Å²) in [5, 5.41) is 11.1. The molecule has 0 unspecified atom stereocenters. The number of ether oxygens (including phenoxy) is 1. The van der Waals surface area contributed by atoms with Crippen LogP contribution in [0.5, 0.6) is 6.01 Å². The number of benzene rings is 1. The van der Waals surface area contributed by atoms with Crippen LogP contribution in [0.2, 0.25) is 0 Å². The number of aromatic nitrogens is 3. The molecule has 0 aliphatic heterocycles. The lowest BCUT2D eigenvalue weighted by molar-refractivity contribution is -0.115. The van der Waals surface area contributed by atoms with Gasteiger partial charge in [-0.15, -0.1) is 5.10 Å². The zero-order valence-corrected chi connectivity index (χ0v) is 10.7. The minimum Gasteiger partial charge on any atom is -0.466 e. The third kappa shape index (κ3) is 3.55. The maximum Gasteiger partial charge on any atom is 0.336 e. The highest BCUT2D eigenvalue weighted by Gasteiger charge is 2.09. The molecule has 3 N–H and O–H groups in total. The Hall–Kier alpha value is -2.90. The van der Waals surface area contributed by atoms with Crippen LogP contribution in [-0.4, -0.2) is 40.7 Å². The SMILES string of the molecule is COc1n[nH]c(NC(=O)CNC(=O)c2ccccc2)n1. The fourth-order valence-corrected chi connectivity index (χ4v) is 1.42. The maximum absolute atomic E-state index is 11.7. The number of nitrogens with zero attached hydrogens (tertiary/aromatic N) is 2. The van der Waals surface area contributed by atoms with Gasteiger partial charge in [0.1, 0.15) is 0 Å². The van der Waals surface area contributed by atoms with Crippen LogP contribution in [0.15, 0.2) is 30.3 Å². The molecule has 0 spiro atoms. The maximum atomic E-state index is 11.7. The van der Waals surface area contributed by atoms with E-state index in [2.05, 4.69) is 25.8 Å². The first-order valence-electron chi connectivity index (χ1n) is 5.78. The second-order valence-corrected chi connectivity index (χ2v) is 3.77.